The minimum Gasteiger partial charge on any atom is -0.392 e. The third-order valence-corrected chi connectivity index (χ3v) is 4.31. The van der Waals surface area contributed by atoms with E-state index in [0.717, 1.165) is 45.7 Å². The first-order valence-corrected chi connectivity index (χ1v) is 7.97. The lowest BCUT2D eigenvalue weighted by Crippen LogP contribution is -2.55. The Morgan fingerprint density at radius 1 is 1.20 bits per heavy atom. The molecule has 1 rings (SSSR count). The van der Waals surface area contributed by atoms with Gasteiger partial charge < -0.3 is 10.6 Å². The summed E-state index contributed by atoms with van der Waals surface area (Å²) in [7, 11) is 0. The van der Waals surface area contributed by atoms with Gasteiger partial charge in [0.15, 0.2) is 0 Å². The summed E-state index contributed by atoms with van der Waals surface area (Å²) >= 11 is 5.12. The second-order valence-corrected chi connectivity index (χ2v) is 5.68. The summed E-state index contributed by atoms with van der Waals surface area (Å²) in [6.45, 7) is 11.9. The van der Waals surface area contributed by atoms with Crippen molar-refractivity contribution in [1.29, 1.82) is 0 Å². The first-order valence-electron chi connectivity index (χ1n) is 7.56. The summed E-state index contributed by atoms with van der Waals surface area (Å²) in [6.07, 6.45) is 0.952. The number of likely N-dealkylation sites (N-methyl/N-ethyl adjacent to an activating group) is 1. The molecule has 0 aliphatic carbocycles. The highest BCUT2D eigenvalue weighted by Gasteiger charge is 2.25. The van der Waals surface area contributed by atoms with E-state index in [2.05, 4.69) is 16.7 Å². The Labute approximate surface area is 128 Å². The van der Waals surface area contributed by atoms with Crippen molar-refractivity contribution in [2.24, 2.45) is 5.73 Å². The van der Waals surface area contributed by atoms with Gasteiger partial charge in [-0.25, -0.2) is 0 Å². The third-order valence-electron chi connectivity index (χ3n) is 4.04. The fourth-order valence-corrected chi connectivity index (χ4v) is 3.06. The Morgan fingerprint density at radius 2 is 1.75 bits per heavy atom. The summed E-state index contributed by atoms with van der Waals surface area (Å²) in [5.74, 6) is 0.227. The highest BCUT2D eigenvalue weighted by Crippen LogP contribution is 2.10. The van der Waals surface area contributed by atoms with Crippen LogP contribution in [0.2, 0.25) is 0 Å². The number of carbonyl (C=O) groups excluding carboxylic acids is 1. The molecule has 1 atom stereocenters. The van der Waals surface area contributed by atoms with Crippen molar-refractivity contribution in [1.82, 2.24) is 14.7 Å². The van der Waals surface area contributed by atoms with Crippen LogP contribution in [0.5, 0.6) is 0 Å². The maximum Gasteiger partial charge on any atom is 0.236 e. The number of hydrogen-bond acceptors (Lipinski definition) is 4. The van der Waals surface area contributed by atoms with Crippen LogP contribution >= 0.6 is 12.2 Å². The number of piperazine rings is 1. The van der Waals surface area contributed by atoms with Gasteiger partial charge in [0.25, 0.3) is 0 Å². The van der Waals surface area contributed by atoms with Gasteiger partial charge in [0.05, 0.1) is 17.6 Å². The second kappa shape index (κ2) is 8.54. The van der Waals surface area contributed by atoms with E-state index in [-0.39, 0.29) is 11.9 Å². The smallest absolute Gasteiger partial charge is 0.236 e. The lowest BCUT2D eigenvalue weighted by Gasteiger charge is -2.38. The van der Waals surface area contributed by atoms with E-state index in [4.69, 9.17) is 18.0 Å². The zero-order valence-corrected chi connectivity index (χ0v) is 13.8. The molecule has 1 aliphatic heterocycles. The van der Waals surface area contributed by atoms with Gasteiger partial charge in [0.1, 0.15) is 0 Å². The molecular formula is C14H28N4OS. The Bertz CT molecular complexity index is 325. The molecule has 0 saturated carbocycles. The fraction of sp³-hybridized carbons (Fsp3) is 0.857. The maximum atomic E-state index is 12.1. The van der Waals surface area contributed by atoms with Crippen LogP contribution in [0.25, 0.3) is 0 Å². The third kappa shape index (κ3) is 4.68. The summed E-state index contributed by atoms with van der Waals surface area (Å²) < 4.78 is 0. The zero-order valence-electron chi connectivity index (χ0n) is 13.0. The summed E-state index contributed by atoms with van der Waals surface area (Å²) in [5, 5.41) is 0. The highest BCUT2D eigenvalue weighted by molar-refractivity contribution is 7.80. The SMILES string of the molecule is CCC(C(N)=S)N1CCN(CC(=O)N(CC)CC)CC1. The molecule has 1 amide bonds. The number of nitrogens with zero attached hydrogens (tertiary/aromatic N) is 3. The first kappa shape index (κ1) is 17.3. The number of thiocarbonyl (C=S) groups is 1. The molecule has 0 spiro atoms. The predicted molar refractivity (Wildman–Crippen MR) is 86.8 cm³/mol. The quantitative estimate of drug-likeness (QED) is 0.696. The Kier molecular flexibility index (Phi) is 7.40. The topological polar surface area (TPSA) is 52.8 Å². The Balaban J connectivity index is 2.42. The van der Waals surface area contributed by atoms with Crippen molar-refractivity contribution in [3.05, 3.63) is 0 Å². The molecule has 1 fully saturated rings. The lowest BCUT2D eigenvalue weighted by molar-refractivity contribution is -0.132. The molecule has 0 aromatic heterocycles. The molecule has 1 unspecified atom stereocenters. The molecular weight excluding hydrogens is 272 g/mol. The molecule has 5 nitrogen and oxygen atoms in total. The van der Waals surface area contributed by atoms with Crippen molar-refractivity contribution >= 4 is 23.1 Å². The standard InChI is InChI=1S/C14H28N4OS/c1-4-12(14(15)20)18-9-7-16(8-10-18)11-13(19)17(5-2)6-3/h12H,4-11H2,1-3H3,(H2,15,20). The minimum atomic E-state index is 0.200. The zero-order chi connectivity index (χ0) is 15.1. The van der Waals surface area contributed by atoms with E-state index in [1.807, 2.05) is 18.7 Å². The molecule has 20 heavy (non-hydrogen) atoms. The molecule has 116 valence electrons. The number of nitrogens with two attached hydrogens (primary N) is 1. The molecule has 0 aromatic carbocycles. The molecule has 0 radical (unpaired) electrons. The van der Waals surface area contributed by atoms with Gasteiger partial charge >= 0.3 is 0 Å². The van der Waals surface area contributed by atoms with Crippen molar-refractivity contribution < 1.29 is 4.79 Å². The number of hydrogen-bond donors (Lipinski definition) is 1. The normalized spacial score (nSPS) is 18.8. The van der Waals surface area contributed by atoms with Crippen LogP contribution in [-0.4, -0.2) is 77.5 Å². The maximum absolute atomic E-state index is 12.1. The average molecular weight is 300 g/mol. The lowest BCUT2D eigenvalue weighted by atomic mass is 10.1. The van der Waals surface area contributed by atoms with E-state index in [0.29, 0.717) is 11.5 Å². The van der Waals surface area contributed by atoms with Crippen LogP contribution < -0.4 is 5.73 Å². The van der Waals surface area contributed by atoms with Gasteiger partial charge in [-0.3, -0.25) is 14.6 Å². The van der Waals surface area contributed by atoms with Crippen molar-refractivity contribution in [2.45, 2.75) is 33.2 Å². The summed E-state index contributed by atoms with van der Waals surface area (Å²) in [5.41, 5.74) is 5.78. The van der Waals surface area contributed by atoms with Crippen LogP contribution in [0, 0.1) is 0 Å². The van der Waals surface area contributed by atoms with Crippen LogP contribution in [0.1, 0.15) is 27.2 Å². The van der Waals surface area contributed by atoms with Gasteiger partial charge in [0, 0.05) is 39.3 Å². The average Bonchev–Trinajstić information content (AvgIpc) is 2.42. The van der Waals surface area contributed by atoms with Crippen LogP contribution in [0.15, 0.2) is 0 Å². The van der Waals surface area contributed by atoms with E-state index in [9.17, 15) is 4.79 Å². The van der Waals surface area contributed by atoms with E-state index in [1.165, 1.54) is 0 Å². The summed E-state index contributed by atoms with van der Waals surface area (Å²) in [6, 6.07) is 0.200. The van der Waals surface area contributed by atoms with Crippen LogP contribution in [0.3, 0.4) is 0 Å². The Morgan fingerprint density at radius 3 is 2.15 bits per heavy atom. The molecule has 2 N–H and O–H groups in total. The van der Waals surface area contributed by atoms with Crippen molar-refractivity contribution in [2.75, 3.05) is 45.8 Å². The Hall–Kier alpha value is -0.720. The van der Waals surface area contributed by atoms with Gasteiger partial charge in [-0.1, -0.05) is 19.1 Å². The summed E-state index contributed by atoms with van der Waals surface area (Å²) in [4.78, 5) is 19.1. The van der Waals surface area contributed by atoms with Crippen LogP contribution in [-0.2, 0) is 4.79 Å². The van der Waals surface area contributed by atoms with Gasteiger partial charge in [0.2, 0.25) is 5.91 Å². The number of carbonyl (C=O) groups is 1. The van der Waals surface area contributed by atoms with Gasteiger partial charge in [-0.2, -0.15) is 0 Å². The van der Waals surface area contributed by atoms with Gasteiger partial charge in [-0.05, 0) is 20.3 Å². The van der Waals surface area contributed by atoms with Gasteiger partial charge in [-0.15, -0.1) is 0 Å². The van der Waals surface area contributed by atoms with E-state index in [1.54, 1.807) is 0 Å². The molecule has 1 aliphatic rings. The molecule has 0 bridgehead atoms. The van der Waals surface area contributed by atoms with Crippen molar-refractivity contribution in [3.8, 4) is 0 Å². The largest absolute Gasteiger partial charge is 0.392 e. The van der Waals surface area contributed by atoms with Crippen molar-refractivity contribution in [3.63, 3.8) is 0 Å². The first-order chi connectivity index (χ1) is 9.53. The number of amides is 1. The predicted octanol–water partition coefficient (Wildman–Crippen LogP) is 0.537. The van der Waals surface area contributed by atoms with E-state index < -0.39 is 0 Å². The molecule has 6 heteroatoms. The number of rotatable bonds is 7. The van der Waals surface area contributed by atoms with Crippen LogP contribution in [0.4, 0.5) is 0 Å². The highest BCUT2D eigenvalue weighted by atomic mass is 32.1. The monoisotopic (exact) mass is 300 g/mol. The fourth-order valence-electron chi connectivity index (χ4n) is 2.74. The minimum absolute atomic E-state index is 0.200. The molecule has 1 heterocycles. The molecule has 1 saturated heterocycles. The second-order valence-electron chi connectivity index (χ2n) is 5.20. The van der Waals surface area contributed by atoms with E-state index >= 15 is 0 Å². The molecule has 0 aromatic rings.